The molecule has 0 amide bonds. The summed E-state index contributed by atoms with van der Waals surface area (Å²) >= 11 is 0. The summed E-state index contributed by atoms with van der Waals surface area (Å²) in [6, 6.07) is 0. The second-order valence-electron chi connectivity index (χ2n) is 14.6. The number of hydrogen-bond acceptors (Lipinski definition) is 4. The van der Waals surface area contributed by atoms with Crippen LogP contribution in [0, 0.1) is 46.3 Å². The van der Waals surface area contributed by atoms with Crippen LogP contribution in [-0.2, 0) is 19.0 Å². The molecule has 1 spiro atoms. The van der Waals surface area contributed by atoms with Crippen LogP contribution < -0.4 is 0 Å². The molecule has 0 aromatic rings. The summed E-state index contributed by atoms with van der Waals surface area (Å²) in [6.45, 7) is 13.0. The van der Waals surface area contributed by atoms with Crippen LogP contribution in [0.25, 0.3) is 0 Å². The van der Waals surface area contributed by atoms with E-state index in [-0.39, 0.29) is 23.3 Å². The summed E-state index contributed by atoms with van der Waals surface area (Å²) in [5.41, 5.74) is 2.25. The van der Waals surface area contributed by atoms with Crippen LogP contribution >= 0.6 is 0 Å². The number of rotatable bonds is 5. The zero-order chi connectivity index (χ0) is 26.0. The van der Waals surface area contributed by atoms with Crippen LogP contribution in [-0.4, -0.2) is 30.6 Å². The molecule has 3 saturated carbocycles. The molecule has 4 nitrogen and oxygen atoms in total. The number of carbonyl (C=O) groups excluding carboxylic acids is 1. The summed E-state index contributed by atoms with van der Waals surface area (Å²) < 4.78 is 19.4. The summed E-state index contributed by atoms with van der Waals surface area (Å²) in [7, 11) is 0. The third-order valence-corrected chi connectivity index (χ3v) is 12.6. The van der Waals surface area contributed by atoms with Gasteiger partial charge in [-0.15, -0.1) is 0 Å². The Bertz CT molecular complexity index is 902. The minimum atomic E-state index is -0.315. The SMILES string of the molecule is CCCCCC(=O)O[C@H]1CC[C@@]2(C)C(=CC[C@H]3[C@H]2CC[C@]2(C)[C@H]4[C@H](C[C@@H]32)O[C@]2(CC[C@@H](C)CO2)[C@H]4C)C1. The fraction of sp³-hybridized carbons (Fsp3) is 0.909. The highest BCUT2D eigenvalue weighted by atomic mass is 16.7. The quantitative estimate of drug-likeness (QED) is 0.214. The van der Waals surface area contributed by atoms with Crippen molar-refractivity contribution in [1.29, 1.82) is 0 Å². The number of allylic oxidation sites excluding steroid dienone is 1. The van der Waals surface area contributed by atoms with Gasteiger partial charge in [-0.2, -0.15) is 0 Å². The van der Waals surface area contributed by atoms with E-state index in [1.807, 2.05) is 0 Å². The summed E-state index contributed by atoms with van der Waals surface area (Å²) in [5.74, 6) is 3.77. The third kappa shape index (κ3) is 4.17. The largest absolute Gasteiger partial charge is 0.462 e. The van der Waals surface area contributed by atoms with Gasteiger partial charge in [-0.05, 0) is 91.8 Å². The van der Waals surface area contributed by atoms with Gasteiger partial charge in [0.1, 0.15) is 6.10 Å². The van der Waals surface area contributed by atoms with E-state index < -0.39 is 0 Å². The average molecular weight is 513 g/mol. The van der Waals surface area contributed by atoms with Gasteiger partial charge >= 0.3 is 5.97 Å². The molecule has 4 heteroatoms. The van der Waals surface area contributed by atoms with Crippen molar-refractivity contribution < 1.29 is 19.0 Å². The Morgan fingerprint density at radius 2 is 1.92 bits per heavy atom. The molecular formula is C33H52O4. The molecule has 0 bridgehead atoms. The van der Waals surface area contributed by atoms with Gasteiger partial charge in [-0.1, -0.05) is 59.1 Å². The predicted octanol–water partition coefficient (Wildman–Crippen LogP) is 7.85. The molecule has 2 aliphatic heterocycles. The molecular weight excluding hydrogens is 460 g/mol. The molecule has 2 saturated heterocycles. The van der Waals surface area contributed by atoms with Gasteiger partial charge in [0.15, 0.2) is 5.79 Å². The number of carbonyl (C=O) groups is 1. The van der Waals surface area contributed by atoms with E-state index in [4.69, 9.17) is 14.2 Å². The Morgan fingerprint density at radius 3 is 2.68 bits per heavy atom. The van der Waals surface area contributed by atoms with Crippen LogP contribution in [0.15, 0.2) is 11.6 Å². The van der Waals surface area contributed by atoms with Crippen LogP contribution in [0.5, 0.6) is 0 Å². The number of unbranched alkanes of at least 4 members (excludes halogenated alkanes) is 2. The van der Waals surface area contributed by atoms with Crippen LogP contribution in [0.1, 0.15) is 118 Å². The predicted molar refractivity (Wildman–Crippen MR) is 146 cm³/mol. The fourth-order valence-corrected chi connectivity index (χ4v) is 10.5. The highest BCUT2D eigenvalue weighted by molar-refractivity contribution is 5.69. The Labute approximate surface area is 225 Å². The zero-order valence-electron chi connectivity index (χ0n) is 24.2. The van der Waals surface area contributed by atoms with Gasteiger partial charge in [-0.3, -0.25) is 4.79 Å². The lowest BCUT2D eigenvalue weighted by atomic mass is 9.47. The van der Waals surface area contributed by atoms with Crippen LogP contribution in [0.3, 0.4) is 0 Å². The fourth-order valence-electron chi connectivity index (χ4n) is 10.5. The summed E-state index contributed by atoms with van der Waals surface area (Å²) in [6.07, 6.45) is 17.4. The Hall–Kier alpha value is -0.870. The van der Waals surface area contributed by atoms with E-state index in [0.29, 0.717) is 35.7 Å². The van der Waals surface area contributed by atoms with Gasteiger partial charge in [0.25, 0.3) is 0 Å². The Balaban J connectivity index is 1.15. The molecule has 5 fully saturated rings. The number of esters is 1. The van der Waals surface area contributed by atoms with Gasteiger partial charge in [0.2, 0.25) is 0 Å². The highest BCUT2D eigenvalue weighted by Crippen LogP contribution is 2.70. The van der Waals surface area contributed by atoms with E-state index in [1.165, 1.54) is 38.5 Å². The molecule has 0 aromatic heterocycles. The summed E-state index contributed by atoms with van der Waals surface area (Å²) in [5, 5.41) is 0. The lowest BCUT2D eigenvalue weighted by Crippen LogP contribution is -2.52. The van der Waals surface area contributed by atoms with Crippen molar-refractivity contribution in [2.24, 2.45) is 46.3 Å². The molecule has 11 atom stereocenters. The molecule has 6 aliphatic rings. The summed E-state index contributed by atoms with van der Waals surface area (Å²) in [4.78, 5) is 12.4. The van der Waals surface area contributed by atoms with Crippen molar-refractivity contribution >= 4 is 5.97 Å². The standard InChI is InChI=1S/C33H52O4/c1-6-7-8-9-29(34)36-24-13-15-31(4)23(18-24)10-11-25-26(31)14-16-32(5)27(25)19-28-30(32)22(3)33(37-28)17-12-21(2)20-35-33/h10,21-22,24-28,30H,6-9,11-20H2,1-5H3/t21-,22+,24+,25+,26-,27+,28+,30-,31+,32+,33-/m1/s1. The zero-order valence-corrected chi connectivity index (χ0v) is 24.2. The van der Waals surface area contributed by atoms with Gasteiger partial charge in [-0.25, -0.2) is 0 Å². The maximum atomic E-state index is 12.4. The van der Waals surface area contributed by atoms with Gasteiger partial charge in [0, 0.05) is 25.2 Å². The second-order valence-corrected chi connectivity index (χ2v) is 14.6. The van der Waals surface area contributed by atoms with Crippen LogP contribution in [0.2, 0.25) is 0 Å². The third-order valence-electron chi connectivity index (χ3n) is 12.6. The van der Waals surface area contributed by atoms with Gasteiger partial charge < -0.3 is 14.2 Å². The topological polar surface area (TPSA) is 44.8 Å². The first kappa shape index (κ1) is 26.4. The van der Waals surface area contributed by atoms with Crippen LogP contribution in [0.4, 0.5) is 0 Å². The minimum absolute atomic E-state index is 0.0190. The molecule has 2 heterocycles. The second kappa shape index (κ2) is 9.65. The van der Waals surface area contributed by atoms with Crippen molar-refractivity contribution in [3.05, 3.63) is 11.6 Å². The van der Waals surface area contributed by atoms with Gasteiger partial charge in [0.05, 0.1) is 12.7 Å². The molecule has 0 radical (unpaired) electrons. The van der Waals surface area contributed by atoms with E-state index >= 15 is 0 Å². The molecule has 208 valence electrons. The van der Waals surface area contributed by atoms with Crippen molar-refractivity contribution in [3.8, 4) is 0 Å². The van der Waals surface area contributed by atoms with E-state index in [9.17, 15) is 4.79 Å². The minimum Gasteiger partial charge on any atom is -0.462 e. The lowest BCUT2D eigenvalue weighted by molar-refractivity contribution is -0.272. The van der Waals surface area contributed by atoms with Crippen molar-refractivity contribution in [1.82, 2.24) is 0 Å². The molecule has 0 unspecified atom stereocenters. The van der Waals surface area contributed by atoms with E-state index in [1.54, 1.807) is 5.57 Å². The molecule has 0 N–H and O–H groups in total. The number of hydrogen-bond donors (Lipinski definition) is 0. The first-order valence-electron chi connectivity index (χ1n) is 15.9. The lowest BCUT2D eigenvalue weighted by Gasteiger charge is -2.58. The first-order valence-corrected chi connectivity index (χ1v) is 15.9. The average Bonchev–Trinajstić information content (AvgIpc) is 3.31. The van der Waals surface area contributed by atoms with E-state index in [0.717, 1.165) is 62.9 Å². The smallest absolute Gasteiger partial charge is 0.306 e. The number of ether oxygens (including phenoxy) is 3. The maximum absolute atomic E-state index is 12.4. The Kier molecular flexibility index (Phi) is 6.87. The van der Waals surface area contributed by atoms with Crippen molar-refractivity contribution in [2.45, 2.75) is 136 Å². The maximum Gasteiger partial charge on any atom is 0.306 e. The van der Waals surface area contributed by atoms with Crippen molar-refractivity contribution in [3.63, 3.8) is 0 Å². The Morgan fingerprint density at radius 1 is 1.08 bits per heavy atom. The van der Waals surface area contributed by atoms with Crippen molar-refractivity contribution in [2.75, 3.05) is 6.61 Å². The number of fused-ring (bicyclic) bond motifs is 7. The monoisotopic (exact) mass is 512 g/mol. The molecule has 37 heavy (non-hydrogen) atoms. The molecule has 4 aliphatic carbocycles. The first-order chi connectivity index (χ1) is 17.7. The molecule has 6 rings (SSSR count). The molecule has 0 aromatic carbocycles. The highest BCUT2D eigenvalue weighted by Gasteiger charge is 2.68. The normalized spacial score (nSPS) is 50.6. The van der Waals surface area contributed by atoms with E-state index in [2.05, 4.69) is 40.7 Å².